The third kappa shape index (κ3) is 3.41. The molecule has 0 saturated carbocycles. The SMILES string of the molecule is O=C1C[NH+](CC(=O)Nc2cccnc2Cl)CCN1. The second kappa shape index (κ2) is 5.79. The van der Waals surface area contributed by atoms with Gasteiger partial charge in [-0.1, -0.05) is 11.6 Å². The highest BCUT2D eigenvalue weighted by Gasteiger charge is 2.22. The fourth-order valence-corrected chi connectivity index (χ4v) is 1.97. The predicted molar refractivity (Wildman–Crippen MR) is 66.5 cm³/mol. The Morgan fingerprint density at radius 1 is 1.61 bits per heavy atom. The lowest BCUT2D eigenvalue weighted by atomic mass is 10.3. The van der Waals surface area contributed by atoms with Crippen LogP contribution in [0.2, 0.25) is 5.15 Å². The summed E-state index contributed by atoms with van der Waals surface area (Å²) in [6.45, 7) is 1.93. The van der Waals surface area contributed by atoms with Gasteiger partial charge in [0.2, 0.25) is 0 Å². The van der Waals surface area contributed by atoms with Gasteiger partial charge in [0.05, 0.1) is 18.8 Å². The van der Waals surface area contributed by atoms with Crippen LogP contribution in [0.3, 0.4) is 0 Å². The van der Waals surface area contributed by atoms with E-state index in [2.05, 4.69) is 15.6 Å². The molecule has 0 radical (unpaired) electrons. The van der Waals surface area contributed by atoms with Crippen molar-refractivity contribution >= 4 is 29.1 Å². The lowest BCUT2D eigenvalue weighted by Gasteiger charge is -2.22. The molecular weight excluding hydrogens is 256 g/mol. The second-order valence-electron chi connectivity index (χ2n) is 4.09. The molecule has 0 aliphatic carbocycles. The average molecular weight is 270 g/mol. The first-order chi connectivity index (χ1) is 8.65. The van der Waals surface area contributed by atoms with E-state index in [1.165, 1.54) is 0 Å². The Morgan fingerprint density at radius 3 is 3.17 bits per heavy atom. The topological polar surface area (TPSA) is 75.5 Å². The molecule has 3 N–H and O–H groups in total. The van der Waals surface area contributed by atoms with E-state index in [4.69, 9.17) is 11.6 Å². The van der Waals surface area contributed by atoms with Crippen LogP contribution >= 0.6 is 11.6 Å². The maximum absolute atomic E-state index is 11.8. The second-order valence-corrected chi connectivity index (χ2v) is 4.45. The number of amides is 2. The van der Waals surface area contributed by atoms with Gasteiger partial charge in [0, 0.05) is 6.20 Å². The van der Waals surface area contributed by atoms with Crippen LogP contribution in [0.15, 0.2) is 18.3 Å². The number of rotatable bonds is 3. The normalized spacial score (nSPS) is 19.2. The summed E-state index contributed by atoms with van der Waals surface area (Å²) in [5, 5.41) is 5.67. The molecule has 2 heterocycles. The summed E-state index contributed by atoms with van der Waals surface area (Å²) in [6, 6.07) is 3.38. The monoisotopic (exact) mass is 269 g/mol. The predicted octanol–water partition coefficient (Wildman–Crippen LogP) is -1.31. The van der Waals surface area contributed by atoms with Gasteiger partial charge in [-0.2, -0.15) is 0 Å². The molecule has 1 aliphatic heterocycles. The molecule has 0 spiro atoms. The minimum absolute atomic E-state index is 0.0246. The van der Waals surface area contributed by atoms with E-state index in [-0.39, 0.29) is 23.5 Å². The van der Waals surface area contributed by atoms with E-state index in [1.54, 1.807) is 18.3 Å². The van der Waals surface area contributed by atoms with E-state index in [9.17, 15) is 9.59 Å². The van der Waals surface area contributed by atoms with Crippen molar-refractivity contribution in [2.24, 2.45) is 0 Å². The standard InChI is InChI=1S/C11H13ClN4O2/c12-11-8(2-1-3-14-11)15-10(18)7-16-5-4-13-9(17)6-16/h1-3H,4-7H2,(H,13,17)(H,15,18)/p+1. The number of carbonyl (C=O) groups is 2. The van der Waals surface area contributed by atoms with Crippen molar-refractivity contribution in [3.63, 3.8) is 0 Å². The number of anilines is 1. The van der Waals surface area contributed by atoms with Crippen molar-refractivity contribution in [1.82, 2.24) is 10.3 Å². The molecule has 0 bridgehead atoms. The molecule has 1 aromatic rings. The fraction of sp³-hybridized carbons (Fsp3) is 0.364. The number of hydrogen-bond donors (Lipinski definition) is 3. The lowest BCUT2D eigenvalue weighted by Crippen LogP contribution is -3.16. The summed E-state index contributed by atoms with van der Waals surface area (Å²) >= 11 is 5.84. The Kier molecular flexibility index (Phi) is 4.11. The number of aromatic nitrogens is 1. The maximum Gasteiger partial charge on any atom is 0.279 e. The molecule has 6 nitrogen and oxygen atoms in total. The number of hydrogen-bond acceptors (Lipinski definition) is 3. The molecule has 1 atom stereocenters. The van der Waals surface area contributed by atoms with Gasteiger partial charge in [0.1, 0.15) is 0 Å². The van der Waals surface area contributed by atoms with Crippen LogP contribution in [0.1, 0.15) is 0 Å². The van der Waals surface area contributed by atoms with Gasteiger partial charge in [-0.15, -0.1) is 0 Å². The Balaban J connectivity index is 1.89. The Labute approximate surface area is 109 Å². The Hall–Kier alpha value is -1.66. The number of nitrogens with zero attached hydrogens (tertiary/aromatic N) is 1. The molecule has 1 fully saturated rings. The maximum atomic E-state index is 11.8. The quantitative estimate of drug-likeness (QED) is 0.597. The Bertz CT molecular complexity index is 466. The van der Waals surface area contributed by atoms with Crippen molar-refractivity contribution in [3.8, 4) is 0 Å². The molecule has 2 rings (SSSR count). The highest BCUT2D eigenvalue weighted by molar-refractivity contribution is 6.32. The molecule has 7 heteroatoms. The highest BCUT2D eigenvalue weighted by atomic mass is 35.5. The first-order valence-corrected chi connectivity index (χ1v) is 6.03. The zero-order chi connectivity index (χ0) is 13.0. The molecule has 1 aliphatic rings. The third-order valence-corrected chi connectivity index (χ3v) is 2.96. The van der Waals surface area contributed by atoms with Crippen LogP contribution in [0.4, 0.5) is 5.69 Å². The van der Waals surface area contributed by atoms with Crippen LogP contribution in [-0.2, 0) is 9.59 Å². The molecule has 1 saturated heterocycles. The van der Waals surface area contributed by atoms with Crippen molar-refractivity contribution in [3.05, 3.63) is 23.5 Å². The van der Waals surface area contributed by atoms with Gasteiger partial charge in [-0.3, -0.25) is 9.59 Å². The van der Waals surface area contributed by atoms with E-state index in [0.29, 0.717) is 18.8 Å². The fourth-order valence-electron chi connectivity index (χ4n) is 1.81. The van der Waals surface area contributed by atoms with Crippen molar-refractivity contribution < 1.29 is 14.5 Å². The van der Waals surface area contributed by atoms with Gasteiger partial charge in [0.25, 0.3) is 11.8 Å². The van der Waals surface area contributed by atoms with Crippen LogP contribution in [0.25, 0.3) is 0 Å². The minimum atomic E-state index is -0.172. The Morgan fingerprint density at radius 2 is 2.44 bits per heavy atom. The number of halogens is 1. The first kappa shape index (κ1) is 12.8. The summed E-state index contributed by atoms with van der Waals surface area (Å²) in [4.78, 5) is 27.8. The van der Waals surface area contributed by atoms with Crippen molar-refractivity contribution in [2.75, 3.05) is 31.5 Å². The number of pyridine rings is 1. The van der Waals surface area contributed by atoms with Gasteiger partial charge in [0.15, 0.2) is 18.2 Å². The van der Waals surface area contributed by atoms with Crippen molar-refractivity contribution in [1.29, 1.82) is 0 Å². The van der Waals surface area contributed by atoms with Crippen LogP contribution < -0.4 is 15.5 Å². The summed E-state index contributed by atoms with van der Waals surface area (Å²) in [7, 11) is 0. The lowest BCUT2D eigenvalue weighted by molar-refractivity contribution is -0.885. The van der Waals surface area contributed by atoms with Gasteiger partial charge in [-0.25, -0.2) is 4.98 Å². The van der Waals surface area contributed by atoms with Gasteiger partial charge < -0.3 is 15.5 Å². The molecule has 0 aromatic carbocycles. The third-order valence-electron chi connectivity index (χ3n) is 2.66. The number of quaternary nitrogens is 1. The molecule has 18 heavy (non-hydrogen) atoms. The van der Waals surface area contributed by atoms with E-state index < -0.39 is 0 Å². The molecular formula is C11H14ClN4O2+. The van der Waals surface area contributed by atoms with Crippen LogP contribution in [0, 0.1) is 0 Å². The summed E-state index contributed by atoms with van der Waals surface area (Å²) < 4.78 is 0. The van der Waals surface area contributed by atoms with Gasteiger partial charge in [-0.05, 0) is 12.1 Å². The smallest absolute Gasteiger partial charge is 0.279 e. The summed E-state index contributed by atoms with van der Waals surface area (Å²) in [5.41, 5.74) is 0.491. The van der Waals surface area contributed by atoms with Crippen LogP contribution in [0.5, 0.6) is 0 Å². The zero-order valence-electron chi connectivity index (χ0n) is 9.70. The van der Waals surface area contributed by atoms with E-state index >= 15 is 0 Å². The molecule has 1 unspecified atom stereocenters. The van der Waals surface area contributed by atoms with Crippen LogP contribution in [-0.4, -0.2) is 43.0 Å². The molecule has 1 aromatic heterocycles. The highest BCUT2D eigenvalue weighted by Crippen LogP contribution is 2.16. The molecule has 2 amide bonds. The number of nitrogens with one attached hydrogen (secondary N) is 3. The zero-order valence-corrected chi connectivity index (χ0v) is 10.5. The number of piperazine rings is 1. The van der Waals surface area contributed by atoms with E-state index in [0.717, 1.165) is 11.4 Å². The first-order valence-electron chi connectivity index (χ1n) is 5.66. The van der Waals surface area contributed by atoms with Crippen molar-refractivity contribution in [2.45, 2.75) is 0 Å². The summed E-state index contributed by atoms with van der Waals surface area (Å²) in [5.74, 6) is -0.196. The van der Waals surface area contributed by atoms with E-state index in [1.807, 2.05) is 0 Å². The number of carbonyl (C=O) groups excluding carboxylic acids is 2. The average Bonchev–Trinajstić information content (AvgIpc) is 2.32. The largest absolute Gasteiger partial charge is 0.346 e. The van der Waals surface area contributed by atoms with Gasteiger partial charge >= 0.3 is 0 Å². The minimum Gasteiger partial charge on any atom is -0.346 e. The summed E-state index contributed by atoms with van der Waals surface area (Å²) in [6.07, 6.45) is 1.55. The molecule has 96 valence electrons.